The molecule has 1 fully saturated rings. The van der Waals surface area contributed by atoms with E-state index in [0.717, 1.165) is 42.4 Å². The van der Waals surface area contributed by atoms with Crippen LogP contribution >= 0.6 is 15.9 Å². The summed E-state index contributed by atoms with van der Waals surface area (Å²) in [4.78, 5) is 2.38. The Morgan fingerprint density at radius 3 is 2.78 bits per heavy atom. The molecule has 0 bridgehead atoms. The van der Waals surface area contributed by atoms with Crippen LogP contribution in [0.15, 0.2) is 22.7 Å². The van der Waals surface area contributed by atoms with Gasteiger partial charge in [-0.25, -0.2) is 0 Å². The summed E-state index contributed by atoms with van der Waals surface area (Å²) in [5, 5.41) is 0. The Hall–Kier alpha value is -0.580. The average Bonchev–Trinajstić information content (AvgIpc) is 2.35. The summed E-state index contributed by atoms with van der Waals surface area (Å²) in [7, 11) is 2.18. The third-order valence-electron chi connectivity index (χ3n) is 3.43. The molecule has 0 aromatic heterocycles. The SMILES string of the molecule is CN(Cc1ccc(N)c(Br)c1)CC1CCOCC1. The molecule has 2 rings (SSSR count). The van der Waals surface area contributed by atoms with Crippen LogP contribution in [0.4, 0.5) is 5.69 Å². The van der Waals surface area contributed by atoms with Gasteiger partial charge < -0.3 is 15.4 Å². The minimum Gasteiger partial charge on any atom is -0.398 e. The summed E-state index contributed by atoms with van der Waals surface area (Å²) in [5.41, 5.74) is 7.89. The average molecular weight is 313 g/mol. The van der Waals surface area contributed by atoms with E-state index in [1.165, 1.54) is 18.4 Å². The monoisotopic (exact) mass is 312 g/mol. The Balaban J connectivity index is 1.85. The van der Waals surface area contributed by atoms with E-state index < -0.39 is 0 Å². The summed E-state index contributed by atoms with van der Waals surface area (Å²) in [6.07, 6.45) is 2.38. The van der Waals surface area contributed by atoms with Crippen LogP contribution in [0.5, 0.6) is 0 Å². The topological polar surface area (TPSA) is 38.5 Å². The van der Waals surface area contributed by atoms with Crippen LogP contribution in [0.2, 0.25) is 0 Å². The summed E-state index contributed by atoms with van der Waals surface area (Å²) in [6.45, 7) is 3.96. The number of halogens is 1. The number of hydrogen-bond acceptors (Lipinski definition) is 3. The number of rotatable bonds is 4. The molecule has 0 unspecified atom stereocenters. The van der Waals surface area contributed by atoms with E-state index >= 15 is 0 Å². The number of ether oxygens (including phenoxy) is 1. The number of nitrogen functional groups attached to an aromatic ring is 1. The van der Waals surface area contributed by atoms with Gasteiger partial charge in [0.2, 0.25) is 0 Å². The molecule has 0 aliphatic carbocycles. The highest BCUT2D eigenvalue weighted by Gasteiger charge is 2.15. The van der Waals surface area contributed by atoms with Gasteiger partial charge in [0.15, 0.2) is 0 Å². The fraction of sp³-hybridized carbons (Fsp3) is 0.571. The van der Waals surface area contributed by atoms with E-state index in [1.54, 1.807) is 0 Å². The lowest BCUT2D eigenvalue weighted by molar-refractivity contribution is 0.0549. The first-order valence-corrected chi connectivity index (χ1v) is 7.24. The highest BCUT2D eigenvalue weighted by Crippen LogP contribution is 2.22. The van der Waals surface area contributed by atoms with Crippen LogP contribution in [-0.2, 0) is 11.3 Å². The lowest BCUT2D eigenvalue weighted by Gasteiger charge is -2.27. The molecule has 0 spiro atoms. The lowest BCUT2D eigenvalue weighted by atomic mass is 10.00. The van der Waals surface area contributed by atoms with E-state index in [1.807, 2.05) is 6.07 Å². The smallest absolute Gasteiger partial charge is 0.0469 e. The highest BCUT2D eigenvalue weighted by molar-refractivity contribution is 9.10. The van der Waals surface area contributed by atoms with Gasteiger partial charge in [0.25, 0.3) is 0 Å². The number of anilines is 1. The maximum Gasteiger partial charge on any atom is 0.0469 e. The zero-order valence-corrected chi connectivity index (χ0v) is 12.4. The maximum atomic E-state index is 5.79. The van der Waals surface area contributed by atoms with Crippen molar-refractivity contribution < 1.29 is 4.74 Å². The maximum absolute atomic E-state index is 5.79. The molecule has 1 saturated heterocycles. The third kappa shape index (κ3) is 3.97. The predicted octanol–water partition coefficient (Wildman–Crippen LogP) is 2.89. The quantitative estimate of drug-likeness (QED) is 0.869. The van der Waals surface area contributed by atoms with Crippen LogP contribution in [0.1, 0.15) is 18.4 Å². The van der Waals surface area contributed by atoms with Crippen LogP contribution in [0, 0.1) is 5.92 Å². The van der Waals surface area contributed by atoms with Gasteiger partial charge in [-0.2, -0.15) is 0 Å². The largest absolute Gasteiger partial charge is 0.398 e. The Bertz CT molecular complexity index is 391. The molecule has 1 aliphatic heterocycles. The normalized spacial score (nSPS) is 17.3. The van der Waals surface area contributed by atoms with Gasteiger partial charge >= 0.3 is 0 Å². The summed E-state index contributed by atoms with van der Waals surface area (Å²) in [5.74, 6) is 0.779. The van der Waals surface area contributed by atoms with Crippen molar-refractivity contribution in [2.75, 3.05) is 32.5 Å². The zero-order valence-electron chi connectivity index (χ0n) is 10.9. The summed E-state index contributed by atoms with van der Waals surface area (Å²) in [6, 6.07) is 6.16. The van der Waals surface area contributed by atoms with Gasteiger partial charge in [-0.15, -0.1) is 0 Å². The van der Waals surface area contributed by atoms with Crippen molar-refractivity contribution in [2.24, 2.45) is 5.92 Å². The summed E-state index contributed by atoms with van der Waals surface area (Å²) < 4.78 is 6.38. The first-order chi connectivity index (χ1) is 8.65. The first-order valence-electron chi connectivity index (χ1n) is 6.45. The minimum atomic E-state index is 0.779. The third-order valence-corrected chi connectivity index (χ3v) is 4.11. The molecule has 18 heavy (non-hydrogen) atoms. The molecule has 0 radical (unpaired) electrons. The van der Waals surface area contributed by atoms with Gasteiger partial charge in [-0.3, -0.25) is 0 Å². The van der Waals surface area contributed by atoms with E-state index in [9.17, 15) is 0 Å². The zero-order chi connectivity index (χ0) is 13.0. The van der Waals surface area contributed by atoms with Crippen LogP contribution in [0.3, 0.4) is 0 Å². The Kier molecular flexibility index (Phi) is 5.03. The van der Waals surface area contributed by atoms with E-state index in [-0.39, 0.29) is 0 Å². The molecule has 1 heterocycles. The molecule has 0 amide bonds. The highest BCUT2D eigenvalue weighted by atomic mass is 79.9. The molecule has 1 aromatic rings. The second-order valence-corrected chi connectivity index (χ2v) is 5.96. The molecule has 100 valence electrons. The Morgan fingerprint density at radius 1 is 1.39 bits per heavy atom. The van der Waals surface area contributed by atoms with Crippen molar-refractivity contribution in [3.05, 3.63) is 28.2 Å². The second kappa shape index (κ2) is 6.55. The standard InChI is InChI=1S/C14H21BrN2O/c1-17(9-11-4-6-18-7-5-11)10-12-2-3-14(16)13(15)8-12/h2-3,8,11H,4-7,9-10,16H2,1H3. The Morgan fingerprint density at radius 2 is 2.11 bits per heavy atom. The molecular weight excluding hydrogens is 292 g/mol. The number of nitrogens with zero attached hydrogens (tertiary/aromatic N) is 1. The first kappa shape index (κ1) is 13.8. The van der Waals surface area contributed by atoms with E-state index in [0.29, 0.717) is 0 Å². The lowest BCUT2D eigenvalue weighted by Crippen LogP contribution is -2.29. The second-order valence-electron chi connectivity index (χ2n) is 5.11. The summed E-state index contributed by atoms with van der Waals surface area (Å²) >= 11 is 3.47. The predicted molar refractivity (Wildman–Crippen MR) is 78.4 cm³/mol. The van der Waals surface area contributed by atoms with Gasteiger partial charge in [0.1, 0.15) is 0 Å². The molecule has 0 atom stereocenters. The van der Waals surface area contributed by atoms with Crippen molar-refractivity contribution in [1.82, 2.24) is 4.90 Å². The van der Waals surface area contributed by atoms with Crippen molar-refractivity contribution in [3.63, 3.8) is 0 Å². The fourth-order valence-corrected chi connectivity index (χ4v) is 2.84. The molecular formula is C14H21BrN2O. The molecule has 3 nitrogen and oxygen atoms in total. The molecule has 2 N–H and O–H groups in total. The number of nitrogens with two attached hydrogens (primary N) is 1. The van der Waals surface area contributed by atoms with Crippen LogP contribution in [0.25, 0.3) is 0 Å². The minimum absolute atomic E-state index is 0.779. The van der Waals surface area contributed by atoms with E-state index in [2.05, 4.69) is 40.0 Å². The molecule has 0 saturated carbocycles. The molecule has 1 aromatic carbocycles. The van der Waals surface area contributed by atoms with Crippen molar-refractivity contribution in [3.8, 4) is 0 Å². The number of hydrogen-bond donors (Lipinski definition) is 1. The fourth-order valence-electron chi connectivity index (χ4n) is 2.41. The van der Waals surface area contributed by atoms with Gasteiger partial charge in [-0.1, -0.05) is 6.07 Å². The van der Waals surface area contributed by atoms with Gasteiger partial charge in [-0.05, 0) is 59.4 Å². The Labute approximate surface area is 117 Å². The van der Waals surface area contributed by atoms with Crippen molar-refractivity contribution in [1.29, 1.82) is 0 Å². The van der Waals surface area contributed by atoms with Crippen LogP contribution < -0.4 is 5.73 Å². The molecule has 1 aliphatic rings. The van der Waals surface area contributed by atoms with Gasteiger partial charge in [0.05, 0.1) is 0 Å². The van der Waals surface area contributed by atoms with Crippen molar-refractivity contribution in [2.45, 2.75) is 19.4 Å². The van der Waals surface area contributed by atoms with Crippen molar-refractivity contribution >= 4 is 21.6 Å². The van der Waals surface area contributed by atoms with Gasteiger partial charge in [0, 0.05) is 36.5 Å². The van der Waals surface area contributed by atoms with Crippen LogP contribution in [-0.4, -0.2) is 31.7 Å². The number of benzene rings is 1. The molecule has 4 heteroatoms. The van der Waals surface area contributed by atoms with E-state index in [4.69, 9.17) is 10.5 Å².